The van der Waals surface area contributed by atoms with Crippen LogP contribution in [0.1, 0.15) is 26.2 Å². The molecule has 1 aliphatic carbocycles. The van der Waals surface area contributed by atoms with Crippen molar-refractivity contribution in [2.45, 2.75) is 38.4 Å². The minimum absolute atomic E-state index is 0.204. The van der Waals surface area contributed by atoms with Crippen LogP contribution in [-0.4, -0.2) is 30.7 Å². The third-order valence-corrected chi connectivity index (χ3v) is 2.54. The first-order valence-electron chi connectivity index (χ1n) is 5.58. The summed E-state index contributed by atoms with van der Waals surface area (Å²) in [6.45, 7) is 1.93. The summed E-state index contributed by atoms with van der Waals surface area (Å²) in [6, 6.07) is -0.586. The lowest BCUT2D eigenvalue weighted by atomic mass is 9.95. The van der Waals surface area contributed by atoms with Crippen molar-refractivity contribution in [1.29, 1.82) is 0 Å². The molecule has 1 N–H and O–H groups in total. The second-order valence-corrected chi connectivity index (χ2v) is 3.89. The first kappa shape index (κ1) is 14.5. The third-order valence-electron chi connectivity index (χ3n) is 2.54. The number of esters is 1. The summed E-state index contributed by atoms with van der Waals surface area (Å²) < 4.78 is 40.8. The van der Waals surface area contributed by atoms with E-state index in [4.69, 9.17) is 4.74 Å². The van der Waals surface area contributed by atoms with Crippen LogP contribution in [0.5, 0.6) is 0 Å². The Morgan fingerprint density at radius 3 is 2.61 bits per heavy atom. The van der Waals surface area contributed by atoms with Crippen LogP contribution in [0.3, 0.4) is 0 Å². The Morgan fingerprint density at radius 1 is 1.50 bits per heavy atom. The number of carbonyl (C=O) groups is 2. The maximum atomic E-state index is 12.0. The van der Waals surface area contributed by atoms with E-state index in [-0.39, 0.29) is 13.0 Å². The Morgan fingerprint density at radius 2 is 2.17 bits per heavy atom. The third kappa shape index (κ3) is 4.05. The van der Waals surface area contributed by atoms with Crippen LogP contribution >= 0.6 is 0 Å². The number of hydrogen-bond acceptors (Lipinski definition) is 3. The lowest BCUT2D eigenvalue weighted by molar-refractivity contribution is -0.174. The lowest BCUT2D eigenvalue weighted by Crippen LogP contribution is -2.43. The van der Waals surface area contributed by atoms with Gasteiger partial charge in [-0.1, -0.05) is 6.08 Å². The number of carbonyl (C=O) groups excluding carboxylic acids is 2. The van der Waals surface area contributed by atoms with Gasteiger partial charge in [-0.05, 0) is 26.2 Å². The van der Waals surface area contributed by atoms with E-state index in [1.165, 1.54) is 6.08 Å². The van der Waals surface area contributed by atoms with Crippen LogP contribution in [0.25, 0.3) is 0 Å². The minimum atomic E-state index is -4.87. The fraction of sp³-hybridized carbons (Fsp3) is 0.636. The molecule has 0 saturated carbocycles. The van der Waals surface area contributed by atoms with Crippen molar-refractivity contribution in [3.63, 3.8) is 0 Å². The monoisotopic (exact) mass is 265 g/mol. The second kappa shape index (κ2) is 5.88. The van der Waals surface area contributed by atoms with Gasteiger partial charge in [0.1, 0.15) is 0 Å². The molecule has 0 aliphatic heterocycles. The van der Waals surface area contributed by atoms with Gasteiger partial charge in [-0.2, -0.15) is 13.2 Å². The van der Waals surface area contributed by atoms with Crippen molar-refractivity contribution in [2.24, 2.45) is 0 Å². The number of alkyl halides is 3. The van der Waals surface area contributed by atoms with E-state index in [2.05, 4.69) is 0 Å². The van der Waals surface area contributed by atoms with Crippen LogP contribution in [0.4, 0.5) is 13.2 Å². The molecule has 0 heterocycles. The molecule has 0 fully saturated rings. The van der Waals surface area contributed by atoms with E-state index in [9.17, 15) is 22.8 Å². The van der Waals surface area contributed by atoms with E-state index in [0.29, 0.717) is 18.4 Å². The van der Waals surface area contributed by atoms with Gasteiger partial charge in [0.25, 0.3) is 0 Å². The SMILES string of the molecule is CCOC(=O)C1=CCC(NC(=O)C(F)(F)F)CC1. The molecule has 102 valence electrons. The molecule has 0 aromatic rings. The van der Waals surface area contributed by atoms with Gasteiger partial charge in [-0.25, -0.2) is 4.79 Å². The highest BCUT2D eigenvalue weighted by molar-refractivity contribution is 5.88. The highest BCUT2D eigenvalue weighted by Crippen LogP contribution is 2.21. The average Bonchev–Trinajstić information content (AvgIpc) is 2.29. The Bertz CT molecular complexity index is 363. The molecule has 4 nitrogen and oxygen atoms in total. The molecule has 0 saturated heterocycles. The van der Waals surface area contributed by atoms with E-state index in [1.807, 2.05) is 5.32 Å². The predicted octanol–water partition coefficient (Wildman–Crippen LogP) is 1.71. The van der Waals surface area contributed by atoms with E-state index in [0.717, 1.165) is 0 Å². The Kier molecular flexibility index (Phi) is 4.75. The summed E-state index contributed by atoms with van der Waals surface area (Å²) >= 11 is 0. The molecule has 0 radical (unpaired) electrons. The Balaban J connectivity index is 2.48. The maximum Gasteiger partial charge on any atom is 0.471 e. The van der Waals surface area contributed by atoms with Crippen molar-refractivity contribution >= 4 is 11.9 Å². The molecular formula is C11H14F3NO3. The summed E-state index contributed by atoms with van der Waals surface area (Å²) in [5.74, 6) is -2.39. The molecule has 1 unspecified atom stereocenters. The van der Waals surface area contributed by atoms with Gasteiger partial charge in [-0.3, -0.25) is 4.79 Å². The summed E-state index contributed by atoms with van der Waals surface area (Å²) in [7, 11) is 0. The molecular weight excluding hydrogens is 251 g/mol. The van der Waals surface area contributed by atoms with Gasteiger partial charge in [0.2, 0.25) is 0 Å². The van der Waals surface area contributed by atoms with E-state index >= 15 is 0 Å². The second-order valence-electron chi connectivity index (χ2n) is 3.89. The van der Waals surface area contributed by atoms with Crippen LogP contribution in [0.15, 0.2) is 11.6 Å². The van der Waals surface area contributed by atoms with Gasteiger partial charge in [0, 0.05) is 11.6 Å². The molecule has 0 aromatic carbocycles. The smallest absolute Gasteiger partial charge is 0.463 e. The zero-order valence-corrected chi connectivity index (χ0v) is 9.84. The first-order chi connectivity index (χ1) is 8.34. The Hall–Kier alpha value is -1.53. The van der Waals surface area contributed by atoms with Gasteiger partial charge in [-0.15, -0.1) is 0 Å². The highest BCUT2D eigenvalue weighted by Gasteiger charge is 2.39. The fourth-order valence-electron chi connectivity index (χ4n) is 1.64. The van der Waals surface area contributed by atoms with Gasteiger partial charge >= 0.3 is 18.1 Å². The molecule has 1 amide bonds. The van der Waals surface area contributed by atoms with Crippen LogP contribution in [0, 0.1) is 0 Å². The summed E-state index contributed by atoms with van der Waals surface area (Å²) in [6.07, 6.45) is -2.54. The Labute approximate surface area is 102 Å². The standard InChI is InChI=1S/C11H14F3NO3/c1-2-18-9(16)7-3-5-8(6-4-7)15-10(17)11(12,13)14/h3,8H,2,4-6H2,1H3,(H,15,17). The molecule has 0 spiro atoms. The number of halogens is 3. The van der Waals surface area contributed by atoms with Crippen molar-refractivity contribution in [3.8, 4) is 0 Å². The molecule has 1 rings (SSSR count). The molecule has 0 aromatic heterocycles. The number of ether oxygens (including phenoxy) is 1. The topological polar surface area (TPSA) is 55.4 Å². The number of hydrogen-bond donors (Lipinski definition) is 1. The first-order valence-corrected chi connectivity index (χ1v) is 5.58. The number of rotatable bonds is 3. The largest absolute Gasteiger partial charge is 0.471 e. The van der Waals surface area contributed by atoms with Crippen molar-refractivity contribution in [2.75, 3.05) is 6.61 Å². The van der Waals surface area contributed by atoms with Crippen molar-refractivity contribution < 1.29 is 27.5 Å². The lowest BCUT2D eigenvalue weighted by Gasteiger charge is -2.22. The van der Waals surface area contributed by atoms with Crippen LogP contribution in [-0.2, 0) is 14.3 Å². The fourth-order valence-corrected chi connectivity index (χ4v) is 1.64. The predicted molar refractivity (Wildman–Crippen MR) is 56.6 cm³/mol. The molecule has 18 heavy (non-hydrogen) atoms. The van der Waals surface area contributed by atoms with E-state index in [1.54, 1.807) is 6.92 Å². The van der Waals surface area contributed by atoms with Crippen molar-refractivity contribution in [3.05, 3.63) is 11.6 Å². The molecule has 1 aliphatic rings. The van der Waals surface area contributed by atoms with E-state index < -0.39 is 24.1 Å². The zero-order chi connectivity index (χ0) is 13.8. The minimum Gasteiger partial charge on any atom is -0.463 e. The quantitative estimate of drug-likeness (QED) is 0.790. The summed E-state index contributed by atoms with van der Waals surface area (Å²) in [5, 5.41) is 1.89. The van der Waals surface area contributed by atoms with Gasteiger partial charge in [0.15, 0.2) is 0 Å². The van der Waals surface area contributed by atoms with Crippen molar-refractivity contribution in [1.82, 2.24) is 5.32 Å². The zero-order valence-electron chi connectivity index (χ0n) is 9.84. The maximum absolute atomic E-state index is 12.0. The average molecular weight is 265 g/mol. The number of nitrogens with one attached hydrogen (secondary N) is 1. The van der Waals surface area contributed by atoms with Gasteiger partial charge in [0.05, 0.1) is 6.61 Å². The van der Waals surface area contributed by atoms with Crippen LogP contribution in [0.2, 0.25) is 0 Å². The normalized spacial score (nSPS) is 20.0. The summed E-state index contributed by atoms with van der Waals surface area (Å²) in [4.78, 5) is 22.0. The highest BCUT2D eigenvalue weighted by atomic mass is 19.4. The molecule has 1 atom stereocenters. The van der Waals surface area contributed by atoms with Crippen LogP contribution < -0.4 is 5.32 Å². The molecule has 0 bridgehead atoms. The van der Waals surface area contributed by atoms with Gasteiger partial charge < -0.3 is 10.1 Å². The summed E-state index contributed by atoms with van der Waals surface area (Å²) in [5.41, 5.74) is 0.453. The molecule has 7 heteroatoms. The number of amides is 1.